The van der Waals surface area contributed by atoms with E-state index in [4.69, 9.17) is 5.11 Å². The van der Waals surface area contributed by atoms with Crippen molar-refractivity contribution in [2.24, 2.45) is 7.05 Å². The van der Waals surface area contributed by atoms with Gasteiger partial charge in [0, 0.05) is 25.5 Å². The summed E-state index contributed by atoms with van der Waals surface area (Å²) < 4.78 is 3.26. The molecule has 2 aromatic rings. The van der Waals surface area contributed by atoms with E-state index < -0.39 is 5.97 Å². The molecule has 6 nitrogen and oxygen atoms in total. The summed E-state index contributed by atoms with van der Waals surface area (Å²) in [6.07, 6.45) is 3.17. The fraction of sp³-hybridized carbons (Fsp3) is 0.364. The molecule has 0 aliphatic heterocycles. The van der Waals surface area contributed by atoms with Gasteiger partial charge in [-0.25, -0.2) is 4.79 Å². The zero-order chi connectivity index (χ0) is 12.6. The number of nitrogens with zero attached hydrogens (tertiary/aromatic N) is 4. The van der Waals surface area contributed by atoms with Gasteiger partial charge in [-0.15, -0.1) is 0 Å². The Morgan fingerprint density at radius 3 is 2.65 bits per heavy atom. The van der Waals surface area contributed by atoms with Gasteiger partial charge in [-0.1, -0.05) is 0 Å². The molecule has 0 aliphatic carbocycles. The maximum absolute atomic E-state index is 11.2. The van der Waals surface area contributed by atoms with Gasteiger partial charge >= 0.3 is 5.97 Å². The highest BCUT2D eigenvalue weighted by molar-refractivity contribution is 5.94. The minimum Gasteiger partial charge on any atom is -0.478 e. The molecule has 0 atom stereocenters. The molecular weight excluding hydrogens is 220 g/mol. The summed E-state index contributed by atoms with van der Waals surface area (Å²) >= 11 is 0. The van der Waals surface area contributed by atoms with Crippen molar-refractivity contribution in [3.8, 4) is 11.4 Å². The minimum atomic E-state index is -0.979. The third-order valence-electron chi connectivity index (χ3n) is 2.55. The Bertz CT molecular complexity index is 554. The first-order valence-electron chi connectivity index (χ1n) is 5.31. The number of rotatable bonds is 3. The average molecular weight is 234 g/mol. The van der Waals surface area contributed by atoms with Crippen LogP contribution in [0.25, 0.3) is 11.4 Å². The first-order chi connectivity index (χ1) is 8.00. The number of aromatic nitrogens is 4. The molecule has 0 radical (unpaired) electrons. The number of carboxylic acid groups (broad SMARTS) is 1. The Morgan fingerprint density at radius 2 is 2.18 bits per heavy atom. The van der Waals surface area contributed by atoms with Gasteiger partial charge in [0.25, 0.3) is 0 Å². The molecule has 0 saturated heterocycles. The van der Waals surface area contributed by atoms with Crippen LogP contribution in [0.1, 0.15) is 30.2 Å². The van der Waals surface area contributed by atoms with Crippen molar-refractivity contribution in [2.45, 2.75) is 19.9 Å². The van der Waals surface area contributed by atoms with Crippen molar-refractivity contribution in [1.82, 2.24) is 19.6 Å². The van der Waals surface area contributed by atoms with Crippen molar-refractivity contribution in [3.63, 3.8) is 0 Å². The van der Waals surface area contributed by atoms with E-state index in [2.05, 4.69) is 10.2 Å². The molecule has 2 heterocycles. The first-order valence-corrected chi connectivity index (χ1v) is 5.31. The normalized spacial score (nSPS) is 11.1. The smallest absolute Gasteiger partial charge is 0.339 e. The summed E-state index contributed by atoms with van der Waals surface area (Å²) in [4.78, 5) is 11.2. The summed E-state index contributed by atoms with van der Waals surface area (Å²) in [5, 5.41) is 17.5. The van der Waals surface area contributed by atoms with Gasteiger partial charge in [0.15, 0.2) is 0 Å². The third-order valence-corrected chi connectivity index (χ3v) is 2.55. The number of hydrogen-bond donors (Lipinski definition) is 1. The summed E-state index contributed by atoms with van der Waals surface area (Å²) in [6, 6.07) is 1.87. The summed E-state index contributed by atoms with van der Waals surface area (Å²) in [5.41, 5.74) is 1.34. The molecular formula is C11H14N4O2. The predicted octanol–water partition coefficient (Wildman–Crippen LogP) is 1.56. The van der Waals surface area contributed by atoms with Gasteiger partial charge in [0.05, 0.1) is 5.69 Å². The molecule has 0 spiro atoms. The number of carbonyl (C=O) groups is 1. The standard InChI is InChI=1S/C11H14N4O2/c1-7(2)15-6-8(11(16)17)10(13-15)9-4-5-12-14(9)3/h4-7H,1-3H3,(H,16,17). The van der Waals surface area contributed by atoms with E-state index in [1.165, 1.54) is 0 Å². The van der Waals surface area contributed by atoms with Crippen LogP contribution in [0.15, 0.2) is 18.5 Å². The number of aryl methyl sites for hydroxylation is 1. The summed E-state index contributed by atoms with van der Waals surface area (Å²) in [6.45, 7) is 3.90. The van der Waals surface area contributed by atoms with Crippen LogP contribution in [-0.2, 0) is 7.05 Å². The molecule has 6 heteroatoms. The largest absolute Gasteiger partial charge is 0.478 e. The molecule has 2 rings (SSSR count). The topological polar surface area (TPSA) is 72.9 Å². The van der Waals surface area contributed by atoms with Gasteiger partial charge in [0.1, 0.15) is 11.3 Å². The molecule has 0 amide bonds. The first kappa shape index (κ1) is 11.4. The Balaban J connectivity index is 2.60. The van der Waals surface area contributed by atoms with Gasteiger partial charge in [-0.3, -0.25) is 9.36 Å². The van der Waals surface area contributed by atoms with Gasteiger partial charge < -0.3 is 5.11 Å². The lowest BCUT2D eigenvalue weighted by Gasteiger charge is -2.03. The van der Waals surface area contributed by atoms with Crippen LogP contribution in [-0.4, -0.2) is 30.6 Å². The Kier molecular flexibility index (Phi) is 2.71. The number of carboxylic acids is 1. The lowest BCUT2D eigenvalue weighted by Crippen LogP contribution is -2.01. The minimum absolute atomic E-state index is 0.120. The monoisotopic (exact) mass is 234 g/mol. The van der Waals surface area contributed by atoms with E-state index in [1.807, 2.05) is 13.8 Å². The van der Waals surface area contributed by atoms with Crippen molar-refractivity contribution in [1.29, 1.82) is 0 Å². The highest BCUT2D eigenvalue weighted by atomic mass is 16.4. The van der Waals surface area contributed by atoms with Gasteiger partial charge in [-0.2, -0.15) is 10.2 Å². The number of aromatic carboxylic acids is 1. The SMILES string of the molecule is CC(C)n1cc(C(=O)O)c(-c2ccnn2C)n1. The second-order valence-electron chi connectivity index (χ2n) is 4.11. The van der Waals surface area contributed by atoms with Crippen molar-refractivity contribution in [2.75, 3.05) is 0 Å². The van der Waals surface area contributed by atoms with E-state index in [0.717, 1.165) is 0 Å². The predicted molar refractivity (Wildman–Crippen MR) is 61.8 cm³/mol. The number of hydrogen-bond acceptors (Lipinski definition) is 3. The molecule has 1 N–H and O–H groups in total. The highest BCUT2D eigenvalue weighted by Crippen LogP contribution is 2.22. The maximum atomic E-state index is 11.2. The molecule has 2 aromatic heterocycles. The quantitative estimate of drug-likeness (QED) is 0.874. The van der Waals surface area contributed by atoms with E-state index in [-0.39, 0.29) is 11.6 Å². The molecule has 0 unspecified atom stereocenters. The molecule has 90 valence electrons. The van der Waals surface area contributed by atoms with Crippen LogP contribution in [0.4, 0.5) is 0 Å². The van der Waals surface area contributed by atoms with Gasteiger partial charge in [0.2, 0.25) is 0 Å². The van der Waals surface area contributed by atoms with Crippen LogP contribution in [0.2, 0.25) is 0 Å². The summed E-state index contributed by atoms with van der Waals surface area (Å²) in [5.74, 6) is -0.979. The Hall–Kier alpha value is -2.11. The molecule has 0 fully saturated rings. The lowest BCUT2D eigenvalue weighted by molar-refractivity contribution is 0.0697. The maximum Gasteiger partial charge on any atom is 0.339 e. The molecule has 0 bridgehead atoms. The fourth-order valence-electron chi connectivity index (χ4n) is 1.61. The molecule has 17 heavy (non-hydrogen) atoms. The fourth-order valence-corrected chi connectivity index (χ4v) is 1.61. The van der Waals surface area contributed by atoms with Crippen LogP contribution in [0, 0.1) is 0 Å². The van der Waals surface area contributed by atoms with E-state index in [9.17, 15) is 4.79 Å². The lowest BCUT2D eigenvalue weighted by atomic mass is 10.2. The average Bonchev–Trinajstić information content (AvgIpc) is 2.82. The zero-order valence-electron chi connectivity index (χ0n) is 9.95. The second-order valence-corrected chi connectivity index (χ2v) is 4.11. The van der Waals surface area contributed by atoms with Crippen molar-refractivity contribution in [3.05, 3.63) is 24.0 Å². The van der Waals surface area contributed by atoms with E-state index >= 15 is 0 Å². The van der Waals surface area contributed by atoms with Crippen molar-refractivity contribution >= 4 is 5.97 Å². The zero-order valence-corrected chi connectivity index (χ0v) is 9.95. The van der Waals surface area contributed by atoms with Crippen LogP contribution >= 0.6 is 0 Å². The van der Waals surface area contributed by atoms with Crippen LogP contribution < -0.4 is 0 Å². The Morgan fingerprint density at radius 1 is 1.47 bits per heavy atom. The van der Waals surface area contributed by atoms with E-state index in [0.29, 0.717) is 11.4 Å². The second kappa shape index (κ2) is 4.04. The van der Waals surface area contributed by atoms with Crippen LogP contribution in [0.3, 0.4) is 0 Å². The van der Waals surface area contributed by atoms with Crippen LogP contribution in [0.5, 0.6) is 0 Å². The molecule has 0 aliphatic rings. The molecule has 0 saturated carbocycles. The molecule has 0 aromatic carbocycles. The van der Waals surface area contributed by atoms with Crippen molar-refractivity contribution < 1.29 is 9.90 Å². The highest BCUT2D eigenvalue weighted by Gasteiger charge is 2.19. The van der Waals surface area contributed by atoms with Gasteiger partial charge in [-0.05, 0) is 19.9 Å². The van der Waals surface area contributed by atoms with E-state index in [1.54, 1.807) is 34.9 Å². The third kappa shape index (κ3) is 1.93. The summed E-state index contributed by atoms with van der Waals surface area (Å²) in [7, 11) is 1.76. The Labute approximate surface area is 98.5 Å².